The molecule has 1 N–H and O–H groups in total. The van der Waals surface area contributed by atoms with Crippen LogP contribution in [0.4, 0.5) is 5.69 Å². The van der Waals surface area contributed by atoms with Gasteiger partial charge < -0.3 is 19.5 Å². The van der Waals surface area contributed by atoms with Crippen LogP contribution in [0.3, 0.4) is 0 Å². The molecule has 1 aliphatic heterocycles. The van der Waals surface area contributed by atoms with Crippen LogP contribution in [0.5, 0.6) is 11.5 Å². The molecule has 27 heavy (non-hydrogen) atoms. The van der Waals surface area contributed by atoms with Crippen molar-refractivity contribution in [1.82, 2.24) is 4.98 Å². The average Bonchev–Trinajstić information content (AvgIpc) is 2.65. The van der Waals surface area contributed by atoms with Gasteiger partial charge in [-0.3, -0.25) is 9.78 Å². The molecule has 6 nitrogen and oxygen atoms in total. The third-order valence-electron chi connectivity index (χ3n) is 4.29. The van der Waals surface area contributed by atoms with Crippen molar-refractivity contribution < 1.29 is 19.4 Å². The van der Waals surface area contributed by atoms with Gasteiger partial charge in [-0.1, -0.05) is 30.1 Å². The largest absolute Gasteiger partial charge is 0.489 e. The number of halogens is 2. The molecule has 0 radical (unpaired) electrons. The molecule has 0 fully saturated rings. The van der Waals surface area contributed by atoms with Gasteiger partial charge in [0.2, 0.25) is 0 Å². The minimum absolute atomic E-state index is 0.0510. The molecule has 1 aromatic carbocycles. The number of aromatic nitrogens is 1. The highest BCUT2D eigenvalue weighted by Gasteiger charge is 2.23. The van der Waals surface area contributed by atoms with Gasteiger partial charge in [0.25, 0.3) is 0 Å². The monoisotopic (exact) mass is 410 g/mol. The molecule has 144 valence electrons. The first-order valence-electron chi connectivity index (χ1n) is 8.69. The Balaban J connectivity index is 1.82. The van der Waals surface area contributed by atoms with E-state index in [1.54, 1.807) is 24.4 Å². The van der Waals surface area contributed by atoms with Crippen molar-refractivity contribution in [3.63, 3.8) is 0 Å². The Kier molecular flexibility index (Phi) is 6.29. The third-order valence-corrected chi connectivity index (χ3v) is 4.81. The number of carbonyl (C=O) groups is 1. The van der Waals surface area contributed by atoms with Crippen molar-refractivity contribution in [3.8, 4) is 11.5 Å². The van der Waals surface area contributed by atoms with Gasteiger partial charge in [-0.15, -0.1) is 0 Å². The van der Waals surface area contributed by atoms with Crippen molar-refractivity contribution >= 4 is 34.9 Å². The molecule has 0 spiro atoms. The van der Waals surface area contributed by atoms with E-state index in [-0.39, 0.29) is 12.5 Å². The van der Waals surface area contributed by atoms with Crippen molar-refractivity contribution in [1.29, 1.82) is 0 Å². The molecule has 1 aromatic heterocycles. The summed E-state index contributed by atoms with van der Waals surface area (Å²) < 4.78 is 11.8. The molecule has 0 unspecified atom stereocenters. The lowest BCUT2D eigenvalue weighted by atomic mass is 10.1. The molecule has 0 bridgehead atoms. The number of anilines is 1. The molecule has 2 aromatic rings. The maximum atomic E-state index is 10.9. The van der Waals surface area contributed by atoms with E-state index in [9.17, 15) is 4.79 Å². The van der Waals surface area contributed by atoms with Gasteiger partial charge in [0.1, 0.15) is 24.2 Å². The molecule has 2 heterocycles. The van der Waals surface area contributed by atoms with Crippen LogP contribution in [0.2, 0.25) is 10.0 Å². The van der Waals surface area contributed by atoms with Crippen molar-refractivity contribution in [2.24, 2.45) is 0 Å². The Morgan fingerprint density at radius 2 is 2.22 bits per heavy atom. The van der Waals surface area contributed by atoms with E-state index in [1.807, 2.05) is 17.9 Å². The Bertz CT molecular complexity index is 814. The van der Waals surface area contributed by atoms with Gasteiger partial charge in [0.05, 0.1) is 34.4 Å². The predicted octanol–water partition coefficient (Wildman–Crippen LogP) is 4.59. The summed E-state index contributed by atoms with van der Waals surface area (Å²) in [5.41, 5.74) is 1.54. The maximum Gasteiger partial charge on any atom is 0.305 e. The van der Waals surface area contributed by atoms with Crippen LogP contribution >= 0.6 is 23.2 Å². The number of benzene rings is 1. The molecular formula is C19H20Cl2N2O4. The summed E-state index contributed by atoms with van der Waals surface area (Å²) in [4.78, 5) is 17.1. The number of pyridine rings is 1. The Morgan fingerprint density at radius 1 is 1.41 bits per heavy atom. The molecular weight excluding hydrogens is 391 g/mol. The fourth-order valence-corrected chi connectivity index (χ4v) is 3.22. The van der Waals surface area contributed by atoms with Crippen LogP contribution in [0.25, 0.3) is 0 Å². The van der Waals surface area contributed by atoms with Crippen LogP contribution < -0.4 is 14.4 Å². The summed E-state index contributed by atoms with van der Waals surface area (Å²) in [5.74, 6) is 0.291. The lowest BCUT2D eigenvalue weighted by Gasteiger charge is -2.31. The number of ether oxygens (including phenoxy) is 2. The molecule has 0 amide bonds. The standard InChI is InChI=1S/C19H20Cl2N2O4/c1-2-16(14-4-3-12(20)11-22-14)27-17-10-18-15(9-13(17)21)23(7-8-26-18)6-5-19(24)25/h3-4,9-11,16H,2,5-8H2,1H3,(H,24,25)/t16-/m1/s1. The number of hydrogen-bond donors (Lipinski definition) is 1. The minimum atomic E-state index is -0.838. The first-order valence-corrected chi connectivity index (χ1v) is 9.44. The number of fused-ring (bicyclic) bond motifs is 1. The molecule has 0 aliphatic carbocycles. The van der Waals surface area contributed by atoms with E-state index in [2.05, 4.69) is 4.98 Å². The highest BCUT2D eigenvalue weighted by molar-refractivity contribution is 6.32. The number of carboxylic acid groups (broad SMARTS) is 1. The Hall–Kier alpha value is -2.18. The second-order valence-electron chi connectivity index (χ2n) is 6.15. The van der Waals surface area contributed by atoms with Gasteiger partial charge in [0, 0.05) is 18.8 Å². The Labute approximate surface area is 167 Å². The second-order valence-corrected chi connectivity index (χ2v) is 6.99. The lowest BCUT2D eigenvalue weighted by molar-refractivity contribution is -0.136. The number of carboxylic acids is 1. The third kappa shape index (κ3) is 4.76. The van der Waals surface area contributed by atoms with E-state index in [0.29, 0.717) is 47.7 Å². The van der Waals surface area contributed by atoms with Crippen molar-refractivity contribution in [2.75, 3.05) is 24.6 Å². The summed E-state index contributed by atoms with van der Waals surface area (Å²) in [6.45, 7) is 3.48. The summed E-state index contributed by atoms with van der Waals surface area (Å²) in [6, 6.07) is 7.11. The predicted molar refractivity (Wildman–Crippen MR) is 104 cm³/mol. The minimum Gasteiger partial charge on any atom is -0.489 e. The molecule has 8 heteroatoms. The van der Waals surface area contributed by atoms with Gasteiger partial charge in [-0.25, -0.2) is 0 Å². The normalized spacial score (nSPS) is 14.3. The maximum absolute atomic E-state index is 10.9. The van der Waals surface area contributed by atoms with Gasteiger partial charge in [-0.2, -0.15) is 0 Å². The zero-order valence-corrected chi connectivity index (χ0v) is 16.3. The van der Waals surface area contributed by atoms with Crippen LogP contribution in [-0.2, 0) is 4.79 Å². The van der Waals surface area contributed by atoms with E-state index in [4.69, 9.17) is 37.8 Å². The van der Waals surface area contributed by atoms with Gasteiger partial charge in [-0.05, 0) is 24.6 Å². The Morgan fingerprint density at radius 3 is 2.89 bits per heavy atom. The van der Waals surface area contributed by atoms with E-state index >= 15 is 0 Å². The fourth-order valence-electron chi connectivity index (χ4n) is 2.91. The zero-order chi connectivity index (χ0) is 19.4. The number of hydrogen-bond acceptors (Lipinski definition) is 5. The first kappa shape index (κ1) is 19.6. The summed E-state index contributed by atoms with van der Waals surface area (Å²) in [5, 5.41) is 9.93. The smallest absolute Gasteiger partial charge is 0.305 e. The first-order chi connectivity index (χ1) is 13.0. The van der Waals surface area contributed by atoms with Crippen LogP contribution in [-0.4, -0.2) is 35.8 Å². The average molecular weight is 411 g/mol. The van der Waals surface area contributed by atoms with Gasteiger partial charge >= 0.3 is 5.97 Å². The van der Waals surface area contributed by atoms with E-state index in [1.165, 1.54) is 0 Å². The summed E-state index contributed by atoms with van der Waals surface area (Å²) in [7, 11) is 0. The molecule has 1 aliphatic rings. The van der Waals surface area contributed by atoms with Crippen LogP contribution in [0.1, 0.15) is 31.6 Å². The SMILES string of the molecule is CC[C@@H](Oc1cc2c(cc1Cl)N(CCC(=O)O)CCO2)c1ccc(Cl)cn1. The highest BCUT2D eigenvalue weighted by Crippen LogP contribution is 2.41. The fraction of sp³-hybridized carbons (Fsp3) is 0.368. The van der Waals surface area contributed by atoms with Crippen LogP contribution in [0, 0.1) is 0 Å². The number of rotatable bonds is 7. The van der Waals surface area contributed by atoms with E-state index < -0.39 is 5.97 Å². The highest BCUT2D eigenvalue weighted by atomic mass is 35.5. The molecule has 0 saturated carbocycles. The van der Waals surface area contributed by atoms with Crippen LogP contribution in [0.15, 0.2) is 30.5 Å². The number of aliphatic carboxylic acids is 1. The van der Waals surface area contributed by atoms with Crippen molar-refractivity contribution in [3.05, 3.63) is 46.2 Å². The second kappa shape index (κ2) is 8.67. The summed E-state index contributed by atoms with van der Waals surface area (Å²) in [6.07, 6.45) is 2.06. The lowest BCUT2D eigenvalue weighted by Crippen LogP contribution is -2.34. The van der Waals surface area contributed by atoms with Crippen molar-refractivity contribution in [2.45, 2.75) is 25.9 Å². The molecule has 3 rings (SSSR count). The zero-order valence-electron chi connectivity index (χ0n) is 14.8. The van der Waals surface area contributed by atoms with Gasteiger partial charge in [0.15, 0.2) is 0 Å². The quantitative estimate of drug-likeness (QED) is 0.719. The molecule has 1 atom stereocenters. The number of nitrogens with zero attached hydrogens (tertiary/aromatic N) is 2. The topological polar surface area (TPSA) is 71.9 Å². The molecule has 0 saturated heterocycles. The summed E-state index contributed by atoms with van der Waals surface area (Å²) >= 11 is 12.3. The van der Waals surface area contributed by atoms with E-state index in [0.717, 1.165) is 11.4 Å².